The molecule has 0 saturated carbocycles. The molecule has 0 atom stereocenters. The van der Waals surface area contributed by atoms with Crippen LogP contribution >= 0.6 is 22.6 Å². The monoisotopic (exact) mass is 284 g/mol. The second-order valence-corrected chi connectivity index (χ2v) is 3.80. The first-order chi connectivity index (χ1) is 6.33. The fourth-order valence-electron chi connectivity index (χ4n) is 1.35. The van der Waals surface area contributed by atoms with Crippen molar-refractivity contribution in [3.8, 4) is 0 Å². The molecule has 66 valence electrons. The van der Waals surface area contributed by atoms with Crippen LogP contribution in [-0.4, -0.2) is 9.78 Å². The van der Waals surface area contributed by atoms with Crippen LogP contribution in [0.2, 0.25) is 0 Å². The predicted molar refractivity (Wildman–Crippen MR) is 62.6 cm³/mol. The number of fused-ring (bicyclic) bond motifs is 1. The summed E-state index contributed by atoms with van der Waals surface area (Å²) in [7, 11) is 0. The minimum Gasteiger partial charge on any atom is -0.260 e. The van der Waals surface area contributed by atoms with Crippen LogP contribution in [0.5, 0.6) is 0 Å². The van der Waals surface area contributed by atoms with Gasteiger partial charge in [0.2, 0.25) is 0 Å². The van der Waals surface area contributed by atoms with Crippen LogP contribution in [0.25, 0.3) is 10.9 Å². The van der Waals surface area contributed by atoms with Crippen LogP contribution in [0.15, 0.2) is 36.9 Å². The number of rotatable bonds is 2. The van der Waals surface area contributed by atoms with E-state index in [0.29, 0.717) is 0 Å². The van der Waals surface area contributed by atoms with Gasteiger partial charge in [-0.05, 0) is 28.7 Å². The minimum absolute atomic E-state index is 0.767. The van der Waals surface area contributed by atoms with Crippen molar-refractivity contribution in [3.05, 3.63) is 40.6 Å². The molecule has 0 amide bonds. The van der Waals surface area contributed by atoms with Crippen molar-refractivity contribution < 1.29 is 0 Å². The lowest BCUT2D eigenvalue weighted by atomic mass is 10.2. The molecule has 3 heteroatoms. The van der Waals surface area contributed by atoms with E-state index in [0.717, 1.165) is 10.2 Å². The Bertz CT molecular complexity index is 445. The molecule has 0 spiro atoms. The highest BCUT2D eigenvalue weighted by molar-refractivity contribution is 14.1. The number of benzene rings is 1. The van der Waals surface area contributed by atoms with Crippen molar-refractivity contribution in [2.24, 2.45) is 0 Å². The molecule has 2 aromatic rings. The third kappa shape index (κ3) is 1.48. The Morgan fingerprint density at radius 2 is 2.23 bits per heavy atom. The van der Waals surface area contributed by atoms with Crippen molar-refractivity contribution in [1.82, 2.24) is 9.78 Å². The Kier molecular flexibility index (Phi) is 2.35. The summed E-state index contributed by atoms with van der Waals surface area (Å²) in [5, 5.41) is 5.62. The largest absolute Gasteiger partial charge is 0.260 e. The topological polar surface area (TPSA) is 17.8 Å². The van der Waals surface area contributed by atoms with Gasteiger partial charge in [0.05, 0.1) is 12.1 Å². The second-order valence-electron chi connectivity index (χ2n) is 2.78. The van der Waals surface area contributed by atoms with Crippen molar-refractivity contribution in [1.29, 1.82) is 0 Å². The van der Waals surface area contributed by atoms with E-state index >= 15 is 0 Å². The summed E-state index contributed by atoms with van der Waals surface area (Å²) in [4.78, 5) is 0. The molecule has 0 aliphatic rings. The Labute approximate surface area is 90.4 Å². The molecule has 0 N–H and O–H groups in total. The summed E-state index contributed by atoms with van der Waals surface area (Å²) in [6.07, 6.45) is 1.86. The minimum atomic E-state index is 0.767. The van der Waals surface area contributed by atoms with Gasteiger partial charge in [0.1, 0.15) is 3.70 Å². The number of aromatic nitrogens is 2. The highest BCUT2D eigenvalue weighted by Crippen LogP contribution is 2.19. The van der Waals surface area contributed by atoms with Crippen molar-refractivity contribution in [2.75, 3.05) is 0 Å². The Morgan fingerprint density at radius 1 is 1.46 bits per heavy atom. The highest BCUT2D eigenvalue weighted by Gasteiger charge is 2.04. The molecule has 2 rings (SSSR count). The second kappa shape index (κ2) is 3.49. The molecule has 1 heterocycles. The number of halogens is 1. The normalized spacial score (nSPS) is 10.5. The van der Waals surface area contributed by atoms with E-state index in [1.165, 1.54) is 10.9 Å². The van der Waals surface area contributed by atoms with Crippen molar-refractivity contribution in [2.45, 2.75) is 6.54 Å². The summed E-state index contributed by atoms with van der Waals surface area (Å²) in [5.41, 5.74) is 1.17. The van der Waals surface area contributed by atoms with Crippen LogP contribution in [0, 0.1) is 3.70 Å². The zero-order valence-corrected chi connectivity index (χ0v) is 9.23. The van der Waals surface area contributed by atoms with Crippen LogP contribution < -0.4 is 0 Å². The third-order valence-corrected chi connectivity index (χ3v) is 2.71. The molecule has 0 saturated heterocycles. The maximum Gasteiger partial charge on any atom is 0.131 e. The number of para-hydroxylation sites is 1. The Hall–Kier alpha value is -0.840. The summed E-state index contributed by atoms with van der Waals surface area (Å²) in [6, 6.07) is 8.22. The molecular formula is C10H9IN2. The Morgan fingerprint density at radius 3 is 3.00 bits per heavy atom. The Balaban J connectivity index is 2.70. The first kappa shape index (κ1) is 8.74. The zero-order valence-electron chi connectivity index (χ0n) is 7.07. The average Bonchev–Trinajstić information content (AvgIpc) is 2.46. The maximum absolute atomic E-state index is 4.41. The van der Waals surface area contributed by atoms with Crippen LogP contribution in [0.1, 0.15) is 0 Å². The van der Waals surface area contributed by atoms with Gasteiger partial charge in [0, 0.05) is 5.39 Å². The van der Waals surface area contributed by atoms with Gasteiger partial charge >= 0.3 is 0 Å². The summed E-state index contributed by atoms with van der Waals surface area (Å²) < 4.78 is 3.01. The molecule has 1 aromatic carbocycles. The van der Waals surface area contributed by atoms with Crippen LogP contribution in [-0.2, 0) is 6.54 Å². The fourth-order valence-corrected chi connectivity index (χ4v) is 2.06. The standard InChI is InChI=1S/C10H9IN2/c1-2-7-13-9-6-4-3-5-8(9)10(11)12-13/h2-6H,1,7H2. The highest BCUT2D eigenvalue weighted by atomic mass is 127. The number of hydrogen-bond acceptors (Lipinski definition) is 1. The van der Waals surface area contributed by atoms with Gasteiger partial charge in [0.25, 0.3) is 0 Å². The van der Waals surface area contributed by atoms with E-state index < -0.39 is 0 Å². The number of nitrogens with zero attached hydrogens (tertiary/aromatic N) is 2. The summed E-state index contributed by atoms with van der Waals surface area (Å²) in [5.74, 6) is 0. The maximum atomic E-state index is 4.41. The first-order valence-electron chi connectivity index (χ1n) is 4.05. The van der Waals surface area contributed by atoms with Crippen LogP contribution in [0.4, 0.5) is 0 Å². The molecule has 0 unspecified atom stereocenters. The van der Waals surface area contributed by atoms with Gasteiger partial charge in [-0.25, -0.2) is 0 Å². The van der Waals surface area contributed by atoms with E-state index in [4.69, 9.17) is 0 Å². The number of hydrogen-bond donors (Lipinski definition) is 0. The van der Waals surface area contributed by atoms with Gasteiger partial charge in [-0.1, -0.05) is 24.3 Å². The van der Waals surface area contributed by atoms with Crippen LogP contribution in [0.3, 0.4) is 0 Å². The van der Waals surface area contributed by atoms with E-state index in [1.807, 2.05) is 22.9 Å². The van der Waals surface area contributed by atoms with E-state index in [1.54, 1.807) is 0 Å². The average molecular weight is 284 g/mol. The van der Waals surface area contributed by atoms with E-state index in [-0.39, 0.29) is 0 Å². The molecule has 2 nitrogen and oxygen atoms in total. The quantitative estimate of drug-likeness (QED) is 0.612. The molecule has 0 aliphatic heterocycles. The SMILES string of the molecule is C=CCn1nc(I)c2ccccc21. The smallest absolute Gasteiger partial charge is 0.131 e. The van der Waals surface area contributed by atoms with Gasteiger partial charge in [-0.2, -0.15) is 5.10 Å². The van der Waals surface area contributed by atoms with Gasteiger partial charge in [0.15, 0.2) is 0 Å². The summed E-state index contributed by atoms with van der Waals surface area (Å²) in [6.45, 7) is 4.48. The lowest BCUT2D eigenvalue weighted by Crippen LogP contribution is -1.96. The molecule has 0 fully saturated rings. The number of allylic oxidation sites excluding steroid dienone is 1. The predicted octanol–water partition coefficient (Wildman–Crippen LogP) is 2.83. The van der Waals surface area contributed by atoms with Crippen molar-refractivity contribution in [3.63, 3.8) is 0 Å². The molecule has 1 aromatic heterocycles. The fraction of sp³-hybridized carbons (Fsp3) is 0.100. The zero-order chi connectivity index (χ0) is 9.26. The lowest BCUT2D eigenvalue weighted by Gasteiger charge is -1.96. The molecule has 0 aliphatic carbocycles. The summed E-state index contributed by atoms with van der Waals surface area (Å²) >= 11 is 2.25. The lowest BCUT2D eigenvalue weighted by molar-refractivity contribution is 0.722. The third-order valence-electron chi connectivity index (χ3n) is 1.91. The van der Waals surface area contributed by atoms with Gasteiger partial charge in [-0.3, -0.25) is 4.68 Å². The van der Waals surface area contributed by atoms with Gasteiger partial charge in [-0.15, -0.1) is 6.58 Å². The molecule has 0 bridgehead atoms. The van der Waals surface area contributed by atoms with Crippen molar-refractivity contribution >= 4 is 33.5 Å². The molecular weight excluding hydrogens is 275 g/mol. The van der Waals surface area contributed by atoms with E-state index in [9.17, 15) is 0 Å². The first-order valence-corrected chi connectivity index (χ1v) is 5.13. The van der Waals surface area contributed by atoms with E-state index in [2.05, 4.69) is 46.4 Å². The van der Waals surface area contributed by atoms with Gasteiger partial charge < -0.3 is 0 Å². The molecule has 0 radical (unpaired) electrons. The molecule has 13 heavy (non-hydrogen) atoms.